The van der Waals surface area contributed by atoms with E-state index in [1.807, 2.05) is 11.3 Å². The lowest BCUT2D eigenvalue weighted by molar-refractivity contribution is 1.67. The molecule has 20 heavy (non-hydrogen) atoms. The van der Waals surface area contributed by atoms with E-state index in [1.54, 1.807) is 0 Å². The van der Waals surface area contributed by atoms with E-state index in [9.17, 15) is 0 Å². The Hall–Kier alpha value is -1.39. The van der Waals surface area contributed by atoms with Crippen molar-refractivity contribution in [1.29, 1.82) is 0 Å². The zero-order valence-corrected chi connectivity index (χ0v) is 13.6. The molecule has 3 aromatic carbocycles. The SMILES string of the molecule is Ic1cccc2sc3cccc(-c4ccccc4)c3c12. The highest BCUT2D eigenvalue weighted by atomic mass is 127. The van der Waals surface area contributed by atoms with Gasteiger partial charge in [-0.25, -0.2) is 0 Å². The zero-order valence-electron chi connectivity index (χ0n) is 10.6. The van der Waals surface area contributed by atoms with Gasteiger partial charge in [-0.1, -0.05) is 48.5 Å². The van der Waals surface area contributed by atoms with E-state index >= 15 is 0 Å². The van der Waals surface area contributed by atoms with Gasteiger partial charge in [0.05, 0.1) is 0 Å². The van der Waals surface area contributed by atoms with E-state index in [-0.39, 0.29) is 0 Å². The van der Waals surface area contributed by atoms with Gasteiger partial charge in [0, 0.05) is 23.7 Å². The fourth-order valence-corrected chi connectivity index (χ4v) is 4.79. The van der Waals surface area contributed by atoms with Crippen LogP contribution in [-0.4, -0.2) is 0 Å². The van der Waals surface area contributed by atoms with Crippen LogP contribution < -0.4 is 0 Å². The number of thiophene rings is 1. The molecule has 4 rings (SSSR count). The topological polar surface area (TPSA) is 0 Å². The van der Waals surface area contributed by atoms with Gasteiger partial charge >= 0.3 is 0 Å². The second-order valence-electron chi connectivity index (χ2n) is 4.76. The lowest BCUT2D eigenvalue weighted by atomic mass is 10.00. The third-order valence-electron chi connectivity index (χ3n) is 3.56. The van der Waals surface area contributed by atoms with Crippen molar-refractivity contribution in [3.05, 3.63) is 70.3 Å². The van der Waals surface area contributed by atoms with Gasteiger partial charge in [-0.15, -0.1) is 11.3 Å². The molecular formula is C18H11IS. The van der Waals surface area contributed by atoms with E-state index in [4.69, 9.17) is 0 Å². The van der Waals surface area contributed by atoms with Crippen molar-refractivity contribution in [3.8, 4) is 11.1 Å². The monoisotopic (exact) mass is 386 g/mol. The Bertz CT molecular complexity index is 907. The van der Waals surface area contributed by atoms with Gasteiger partial charge in [0.25, 0.3) is 0 Å². The molecule has 0 unspecified atom stereocenters. The van der Waals surface area contributed by atoms with Gasteiger partial charge in [-0.3, -0.25) is 0 Å². The summed E-state index contributed by atoms with van der Waals surface area (Å²) in [5.74, 6) is 0. The van der Waals surface area contributed by atoms with Gasteiger partial charge < -0.3 is 0 Å². The Morgan fingerprint density at radius 2 is 1.35 bits per heavy atom. The predicted molar refractivity (Wildman–Crippen MR) is 97.5 cm³/mol. The molecule has 1 aromatic heterocycles. The van der Waals surface area contributed by atoms with Crippen molar-refractivity contribution in [2.75, 3.05) is 0 Å². The van der Waals surface area contributed by atoms with Crippen LogP contribution in [0.15, 0.2) is 66.7 Å². The van der Waals surface area contributed by atoms with E-state index in [0.717, 1.165) is 0 Å². The lowest BCUT2D eigenvalue weighted by Gasteiger charge is -2.05. The first kappa shape index (κ1) is 12.4. The van der Waals surface area contributed by atoms with Crippen LogP contribution in [0.5, 0.6) is 0 Å². The molecule has 0 atom stereocenters. The Balaban J connectivity index is 2.20. The first-order valence-electron chi connectivity index (χ1n) is 6.50. The number of fused-ring (bicyclic) bond motifs is 3. The zero-order chi connectivity index (χ0) is 13.5. The Labute approximate surface area is 135 Å². The van der Waals surface area contributed by atoms with E-state index in [0.29, 0.717) is 0 Å². The predicted octanol–water partition coefficient (Wildman–Crippen LogP) is 6.33. The molecule has 0 radical (unpaired) electrons. The van der Waals surface area contributed by atoms with Crippen LogP contribution >= 0.6 is 33.9 Å². The Kier molecular flexibility index (Phi) is 3.00. The molecule has 0 nitrogen and oxygen atoms in total. The van der Waals surface area contributed by atoms with E-state index in [1.165, 1.54) is 34.9 Å². The molecule has 0 aliphatic heterocycles. The molecule has 0 amide bonds. The third-order valence-corrected chi connectivity index (χ3v) is 5.58. The molecule has 0 aliphatic carbocycles. The molecule has 0 bridgehead atoms. The molecule has 2 heteroatoms. The van der Waals surface area contributed by atoms with Gasteiger partial charge in [-0.05, 0) is 51.9 Å². The van der Waals surface area contributed by atoms with Crippen LogP contribution in [0.2, 0.25) is 0 Å². The molecule has 0 saturated heterocycles. The fraction of sp³-hybridized carbons (Fsp3) is 0. The number of rotatable bonds is 1. The van der Waals surface area contributed by atoms with Crippen molar-refractivity contribution >= 4 is 54.1 Å². The van der Waals surface area contributed by atoms with Crippen molar-refractivity contribution in [2.45, 2.75) is 0 Å². The minimum Gasteiger partial charge on any atom is -0.135 e. The largest absolute Gasteiger partial charge is 0.135 e. The highest BCUT2D eigenvalue weighted by Crippen LogP contribution is 2.41. The smallest absolute Gasteiger partial charge is 0.0366 e. The minimum absolute atomic E-state index is 1.29. The lowest BCUT2D eigenvalue weighted by Crippen LogP contribution is -1.80. The van der Waals surface area contributed by atoms with Gasteiger partial charge in [0.15, 0.2) is 0 Å². The first-order chi connectivity index (χ1) is 9.84. The summed E-state index contributed by atoms with van der Waals surface area (Å²) in [5.41, 5.74) is 2.62. The van der Waals surface area contributed by atoms with Crippen LogP contribution in [0, 0.1) is 3.57 Å². The second-order valence-corrected chi connectivity index (χ2v) is 7.01. The molecule has 0 fully saturated rings. The van der Waals surface area contributed by atoms with Crippen molar-refractivity contribution < 1.29 is 0 Å². The van der Waals surface area contributed by atoms with Gasteiger partial charge in [0.2, 0.25) is 0 Å². The number of hydrogen-bond donors (Lipinski definition) is 0. The standard InChI is InChI=1S/C18H11IS/c19-14-9-5-11-16-18(14)17-13(8-4-10-15(17)20-16)12-6-2-1-3-7-12/h1-11H. The summed E-state index contributed by atoms with van der Waals surface area (Å²) < 4.78 is 4.07. The Morgan fingerprint density at radius 3 is 2.15 bits per heavy atom. The summed E-state index contributed by atoms with van der Waals surface area (Å²) in [6.07, 6.45) is 0. The summed E-state index contributed by atoms with van der Waals surface area (Å²) in [5, 5.41) is 2.79. The molecule has 96 valence electrons. The second kappa shape index (κ2) is 4.86. The molecule has 0 aliphatic rings. The maximum atomic E-state index is 2.45. The summed E-state index contributed by atoms with van der Waals surface area (Å²) in [4.78, 5) is 0. The van der Waals surface area contributed by atoms with E-state index < -0.39 is 0 Å². The minimum atomic E-state index is 1.29. The molecule has 0 saturated carbocycles. The van der Waals surface area contributed by atoms with Crippen LogP contribution in [0.4, 0.5) is 0 Å². The van der Waals surface area contributed by atoms with Gasteiger partial charge in [-0.2, -0.15) is 0 Å². The summed E-state index contributed by atoms with van der Waals surface area (Å²) in [6, 6.07) is 23.8. The van der Waals surface area contributed by atoms with Crippen LogP contribution in [0.1, 0.15) is 0 Å². The summed E-state index contributed by atoms with van der Waals surface area (Å²) in [6.45, 7) is 0. The van der Waals surface area contributed by atoms with Gasteiger partial charge in [0.1, 0.15) is 0 Å². The number of hydrogen-bond acceptors (Lipinski definition) is 1. The fourth-order valence-electron chi connectivity index (χ4n) is 2.68. The van der Waals surface area contributed by atoms with Crippen LogP contribution in [-0.2, 0) is 0 Å². The van der Waals surface area contributed by atoms with E-state index in [2.05, 4.69) is 89.3 Å². The quantitative estimate of drug-likeness (QED) is 0.336. The average molecular weight is 386 g/mol. The molecule has 0 N–H and O–H groups in total. The Morgan fingerprint density at radius 1 is 0.650 bits per heavy atom. The van der Waals surface area contributed by atoms with Crippen LogP contribution in [0.25, 0.3) is 31.3 Å². The summed E-state index contributed by atoms with van der Waals surface area (Å²) >= 11 is 4.33. The maximum absolute atomic E-state index is 2.45. The van der Waals surface area contributed by atoms with Crippen molar-refractivity contribution in [3.63, 3.8) is 0 Å². The number of halogens is 1. The highest BCUT2D eigenvalue weighted by molar-refractivity contribution is 14.1. The molecule has 1 heterocycles. The highest BCUT2D eigenvalue weighted by Gasteiger charge is 2.12. The van der Waals surface area contributed by atoms with Crippen LogP contribution in [0.3, 0.4) is 0 Å². The third kappa shape index (κ3) is 1.86. The maximum Gasteiger partial charge on any atom is 0.0366 e. The molecule has 0 spiro atoms. The summed E-state index contributed by atoms with van der Waals surface area (Å²) in [7, 11) is 0. The first-order valence-corrected chi connectivity index (χ1v) is 8.39. The normalized spacial score (nSPS) is 11.2. The molecule has 4 aromatic rings. The molecular weight excluding hydrogens is 375 g/mol. The van der Waals surface area contributed by atoms with Crippen molar-refractivity contribution in [1.82, 2.24) is 0 Å². The average Bonchev–Trinajstić information content (AvgIpc) is 2.88. The number of benzene rings is 3. The van der Waals surface area contributed by atoms with Crippen molar-refractivity contribution in [2.24, 2.45) is 0 Å².